The zero-order valence-electron chi connectivity index (χ0n) is 14.2. The number of carbonyl (C=O) groups excluding carboxylic acids is 2. The van der Waals surface area contributed by atoms with Crippen molar-refractivity contribution in [3.63, 3.8) is 0 Å². The van der Waals surface area contributed by atoms with Crippen molar-refractivity contribution in [2.45, 2.75) is 12.8 Å². The van der Waals surface area contributed by atoms with Crippen LogP contribution in [0.25, 0.3) is 0 Å². The first-order chi connectivity index (χ1) is 12.2. The van der Waals surface area contributed by atoms with Crippen molar-refractivity contribution in [3.8, 4) is 0 Å². The number of pyridine rings is 1. The standard InChI is InChI=1S/C19H21N3O3/c1-25-13-11-20-18(23)15-8-4-9-16(21-15)19(24)22-12-5-7-14-6-2-3-10-17(14)22/h2-4,6,8-10H,5,7,11-13H2,1H3,(H,20,23). The number of nitrogens with one attached hydrogen (secondary N) is 1. The number of hydrogen-bond acceptors (Lipinski definition) is 4. The van der Waals surface area contributed by atoms with E-state index < -0.39 is 0 Å². The Morgan fingerprint density at radius 1 is 1.16 bits per heavy atom. The van der Waals surface area contributed by atoms with E-state index in [0.29, 0.717) is 19.7 Å². The summed E-state index contributed by atoms with van der Waals surface area (Å²) in [5, 5.41) is 2.71. The number of aromatic nitrogens is 1. The Morgan fingerprint density at radius 3 is 2.80 bits per heavy atom. The number of nitrogens with zero attached hydrogens (tertiary/aromatic N) is 2. The molecule has 0 fully saturated rings. The van der Waals surface area contributed by atoms with Gasteiger partial charge in [-0.3, -0.25) is 9.59 Å². The van der Waals surface area contributed by atoms with Crippen molar-refractivity contribution < 1.29 is 14.3 Å². The van der Waals surface area contributed by atoms with Gasteiger partial charge in [-0.05, 0) is 36.6 Å². The first-order valence-corrected chi connectivity index (χ1v) is 8.34. The fourth-order valence-corrected chi connectivity index (χ4v) is 2.92. The molecule has 1 N–H and O–H groups in total. The Balaban J connectivity index is 1.80. The highest BCUT2D eigenvalue weighted by Gasteiger charge is 2.24. The first kappa shape index (κ1) is 17.1. The normalized spacial score (nSPS) is 13.2. The third-order valence-corrected chi connectivity index (χ3v) is 4.15. The molecule has 3 rings (SSSR count). The highest BCUT2D eigenvalue weighted by molar-refractivity contribution is 6.06. The van der Waals surface area contributed by atoms with Crippen LogP contribution in [0.3, 0.4) is 0 Å². The van der Waals surface area contributed by atoms with Gasteiger partial charge >= 0.3 is 0 Å². The zero-order valence-corrected chi connectivity index (χ0v) is 14.2. The van der Waals surface area contributed by atoms with Gasteiger partial charge in [0, 0.05) is 25.9 Å². The third kappa shape index (κ3) is 3.85. The van der Waals surface area contributed by atoms with Gasteiger partial charge in [0.25, 0.3) is 11.8 Å². The third-order valence-electron chi connectivity index (χ3n) is 4.15. The summed E-state index contributed by atoms with van der Waals surface area (Å²) in [6.07, 6.45) is 1.88. The molecule has 0 bridgehead atoms. The molecule has 130 valence electrons. The summed E-state index contributed by atoms with van der Waals surface area (Å²) in [4.78, 5) is 31.0. The highest BCUT2D eigenvalue weighted by atomic mass is 16.5. The topological polar surface area (TPSA) is 71.5 Å². The van der Waals surface area contributed by atoms with Crippen LogP contribution in [0.1, 0.15) is 33.0 Å². The van der Waals surface area contributed by atoms with E-state index in [4.69, 9.17) is 4.74 Å². The minimum Gasteiger partial charge on any atom is -0.383 e. The number of methoxy groups -OCH3 is 1. The van der Waals surface area contributed by atoms with Crippen molar-refractivity contribution in [1.82, 2.24) is 10.3 Å². The van der Waals surface area contributed by atoms with Crippen LogP contribution in [0.4, 0.5) is 5.69 Å². The molecular formula is C19H21N3O3. The van der Waals surface area contributed by atoms with Crippen LogP contribution >= 0.6 is 0 Å². The second-order valence-electron chi connectivity index (χ2n) is 5.85. The summed E-state index contributed by atoms with van der Waals surface area (Å²) in [6, 6.07) is 12.8. The quantitative estimate of drug-likeness (QED) is 0.847. The molecule has 6 nitrogen and oxygen atoms in total. The average Bonchev–Trinajstić information content (AvgIpc) is 2.67. The summed E-state index contributed by atoms with van der Waals surface area (Å²) in [7, 11) is 1.57. The van der Waals surface area contributed by atoms with E-state index in [1.165, 1.54) is 0 Å². The molecule has 25 heavy (non-hydrogen) atoms. The number of hydrogen-bond donors (Lipinski definition) is 1. The van der Waals surface area contributed by atoms with Crippen molar-refractivity contribution in [1.29, 1.82) is 0 Å². The molecule has 0 unspecified atom stereocenters. The van der Waals surface area contributed by atoms with E-state index in [2.05, 4.69) is 10.3 Å². The molecule has 1 aliphatic rings. The molecule has 0 saturated carbocycles. The fraction of sp³-hybridized carbons (Fsp3) is 0.316. The Kier molecular flexibility index (Phi) is 5.40. The van der Waals surface area contributed by atoms with Crippen LogP contribution in [0.2, 0.25) is 0 Å². The van der Waals surface area contributed by atoms with Gasteiger partial charge in [0.05, 0.1) is 6.61 Å². The van der Waals surface area contributed by atoms with Crippen molar-refractivity contribution >= 4 is 17.5 Å². The largest absolute Gasteiger partial charge is 0.383 e. The predicted molar refractivity (Wildman–Crippen MR) is 94.9 cm³/mol. The summed E-state index contributed by atoms with van der Waals surface area (Å²) in [5.74, 6) is -0.496. The number of ether oxygens (including phenoxy) is 1. The van der Waals surface area contributed by atoms with Crippen molar-refractivity contribution in [2.75, 3.05) is 31.7 Å². The first-order valence-electron chi connectivity index (χ1n) is 8.34. The molecule has 0 saturated heterocycles. The van der Waals surface area contributed by atoms with Gasteiger partial charge < -0.3 is 15.0 Å². The number of benzene rings is 1. The molecule has 0 aliphatic carbocycles. The van der Waals surface area contributed by atoms with Gasteiger partial charge in [-0.15, -0.1) is 0 Å². The van der Waals surface area contributed by atoms with Crippen LogP contribution in [0.15, 0.2) is 42.5 Å². The summed E-state index contributed by atoms with van der Waals surface area (Å²) >= 11 is 0. The number of rotatable bonds is 5. The Labute approximate surface area is 146 Å². The van der Waals surface area contributed by atoms with Crippen LogP contribution in [0.5, 0.6) is 0 Å². The SMILES string of the molecule is COCCNC(=O)c1cccc(C(=O)N2CCCc3ccccc32)n1. The molecule has 1 aromatic carbocycles. The molecule has 2 heterocycles. The summed E-state index contributed by atoms with van der Waals surface area (Å²) < 4.78 is 4.91. The molecule has 6 heteroatoms. The molecule has 2 amide bonds. The number of anilines is 1. The minimum atomic E-state index is -0.314. The van der Waals surface area contributed by atoms with Crippen LogP contribution in [0, 0.1) is 0 Å². The van der Waals surface area contributed by atoms with E-state index in [0.717, 1.165) is 24.1 Å². The lowest BCUT2D eigenvalue weighted by molar-refractivity contribution is 0.0931. The van der Waals surface area contributed by atoms with Gasteiger partial charge in [-0.2, -0.15) is 0 Å². The molecule has 0 radical (unpaired) electrons. The lowest BCUT2D eigenvalue weighted by Crippen LogP contribution is -2.36. The van der Waals surface area contributed by atoms with Crippen molar-refractivity contribution in [3.05, 3.63) is 59.4 Å². The molecule has 0 atom stereocenters. The van der Waals surface area contributed by atoms with Gasteiger partial charge in [0.15, 0.2) is 0 Å². The van der Waals surface area contributed by atoms with Crippen LogP contribution < -0.4 is 10.2 Å². The van der Waals surface area contributed by atoms with Gasteiger partial charge in [0.2, 0.25) is 0 Å². The Bertz CT molecular complexity index is 776. The Morgan fingerprint density at radius 2 is 1.96 bits per heavy atom. The maximum Gasteiger partial charge on any atom is 0.276 e. The molecule has 2 aromatic rings. The van der Waals surface area contributed by atoms with Crippen LogP contribution in [-0.4, -0.2) is 43.6 Å². The van der Waals surface area contributed by atoms with Gasteiger partial charge in [0.1, 0.15) is 11.4 Å². The molecular weight excluding hydrogens is 318 g/mol. The highest BCUT2D eigenvalue weighted by Crippen LogP contribution is 2.27. The van der Waals surface area contributed by atoms with Crippen LogP contribution in [-0.2, 0) is 11.2 Å². The second-order valence-corrected chi connectivity index (χ2v) is 5.85. The maximum atomic E-state index is 12.9. The number of aryl methyl sites for hydroxylation is 1. The molecule has 1 aromatic heterocycles. The lowest BCUT2D eigenvalue weighted by atomic mass is 10.0. The van der Waals surface area contributed by atoms with Gasteiger partial charge in [-0.25, -0.2) is 4.98 Å². The summed E-state index contributed by atoms with van der Waals surface area (Å²) in [5.41, 5.74) is 2.59. The second kappa shape index (κ2) is 7.90. The molecule has 1 aliphatic heterocycles. The predicted octanol–water partition coefficient (Wildman–Crippen LogP) is 2.05. The van der Waals surface area contributed by atoms with E-state index in [1.807, 2.05) is 24.3 Å². The van der Waals surface area contributed by atoms with E-state index in [-0.39, 0.29) is 23.2 Å². The average molecular weight is 339 g/mol. The van der Waals surface area contributed by atoms with Gasteiger partial charge in [-0.1, -0.05) is 24.3 Å². The lowest BCUT2D eigenvalue weighted by Gasteiger charge is -2.29. The summed E-state index contributed by atoms with van der Waals surface area (Å²) in [6.45, 7) is 1.48. The minimum absolute atomic E-state index is 0.182. The number of carbonyl (C=O) groups is 2. The number of para-hydroxylation sites is 1. The van der Waals surface area contributed by atoms with Crippen molar-refractivity contribution in [2.24, 2.45) is 0 Å². The number of fused-ring (bicyclic) bond motifs is 1. The zero-order chi connectivity index (χ0) is 17.6. The molecule has 0 spiro atoms. The van der Waals surface area contributed by atoms with E-state index >= 15 is 0 Å². The van der Waals surface area contributed by atoms with E-state index in [1.54, 1.807) is 30.2 Å². The van der Waals surface area contributed by atoms with E-state index in [9.17, 15) is 9.59 Å². The smallest absolute Gasteiger partial charge is 0.276 e. The Hall–Kier alpha value is -2.73. The monoisotopic (exact) mass is 339 g/mol. The number of amides is 2. The fourth-order valence-electron chi connectivity index (χ4n) is 2.92. The maximum absolute atomic E-state index is 12.9.